The van der Waals surface area contributed by atoms with Crippen molar-refractivity contribution >= 4 is 5.69 Å². The van der Waals surface area contributed by atoms with Crippen LogP contribution in [0.5, 0.6) is 0 Å². The summed E-state index contributed by atoms with van der Waals surface area (Å²) >= 11 is 0. The highest BCUT2D eigenvalue weighted by Crippen LogP contribution is 2.24. The van der Waals surface area contributed by atoms with E-state index >= 15 is 0 Å². The van der Waals surface area contributed by atoms with Gasteiger partial charge >= 0.3 is 0 Å². The van der Waals surface area contributed by atoms with Gasteiger partial charge in [-0.2, -0.15) is 0 Å². The van der Waals surface area contributed by atoms with Crippen molar-refractivity contribution in [3.05, 3.63) is 29.3 Å². The van der Waals surface area contributed by atoms with E-state index in [0.717, 1.165) is 25.9 Å². The summed E-state index contributed by atoms with van der Waals surface area (Å²) in [6.45, 7) is 6.23. The minimum absolute atomic E-state index is 0.0913. The Hall–Kier alpha value is -1.02. The van der Waals surface area contributed by atoms with E-state index < -0.39 is 0 Å². The van der Waals surface area contributed by atoms with E-state index in [1.165, 1.54) is 16.8 Å². The Balaban J connectivity index is 2.18. The van der Waals surface area contributed by atoms with Gasteiger partial charge in [-0.1, -0.05) is 12.1 Å². The molecular weight excluding hydrogens is 186 g/mol. The maximum Gasteiger partial charge on any atom is 0.0574 e. The summed E-state index contributed by atoms with van der Waals surface area (Å²) in [6, 6.07) is 6.57. The van der Waals surface area contributed by atoms with Gasteiger partial charge in [0.2, 0.25) is 0 Å². The number of hydrogen-bond acceptors (Lipinski definition) is 2. The largest absolute Gasteiger partial charge is 0.393 e. The normalized spacial score (nSPS) is 18.2. The van der Waals surface area contributed by atoms with E-state index in [1.807, 2.05) is 0 Å². The van der Waals surface area contributed by atoms with Gasteiger partial charge < -0.3 is 10.0 Å². The molecule has 2 nitrogen and oxygen atoms in total. The van der Waals surface area contributed by atoms with Crippen LogP contribution < -0.4 is 4.90 Å². The van der Waals surface area contributed by atoms with E-state index in [1.54, 1.807) is 0 Å². The van der Waals surface area contributed by atoms with Crippen LogP contribution in [0.4, 0.5) is 5.69 Å². The summed E-state index contributed by atoms with van der Waals surface area (Å²) in [4.78, 5) is 2.38. The molecule has 1 aromatic rings. The number of nitrogens with zero attached hydrogens (tertiary/aromatic N) is 1. The van der Waals surface area contributed by atoms with Crippen LogP contribution in [0.25, 0.3) is 0 Å². The van der Waals surface area contributed by atoms with Crippen molar-refractivity contribution in [1.29, 1.82) is 0 Å². The van der Waals surface area contributed by atoms with Crippen LogP contribution in [-0.4, -0.2) is 24.3 Å². The van der Waals surface area contributed by atoms with E-state index in [-0.39, 0.29) is 6.10 Å². The van der Waals surface area contributed by atoms with Crippen molar-refractivity contribution in [3.63, 3.8) is 0 Å². The highest BCUT2D eigenvalue weighted by molar-refractivity contribution is 5.55. The third-order valence-electron chi connectivity index (χ3n) is 3.17. The summed E-state index contributed by atoms with van der Waals surface area (Å²) in [5, 5.41) is 9.47. The van der Waals surface area contributed by atoms with Crippen LogP contribution in [-0.2, 0) is 0 Å². The summed E-state index contributed by atoms with van der Waals surface area (Å²) < 4.78 is 0. The van der Waals surface area contributed by atoms with Gasteiger partial charge in [-0.05, 0) is 43.9 Å². The van der Waals surface area contributed by atoms with Gasteiger partial charge in [-0.15, -0.1) is 0 Å². The average molecular weight is 205 g/mol. The van der Waals surface area contributed by atoms with E-state index in [9.17, 15) is 5.11 Å². The number of anilines is 1. The number of piperidine rings is 1. The standard InChI is InChI=1S/C13H19NO/c1-10-3-4-11(2)13(9-10)14-7-5-12(15)6-8-14/h3-4,9,12,15H,5-8H2,1-2H3. The lowest BCUT2D eigenvalue weighted by molar-refractivity contribution is 0.145. The first kappa shape index (κ1) is 10.5. The van der Waals surface area contributed by atoms with Gasteiger partial charge in [0, 0.05) is 18.8 Å². The molecule has 0 saturated carbocycles. The highest BCUT2D eigenvalue weighted by atomic mass is 16.3. The molecule has 2 rings (SSSR count). The molecule has 15 heavy (non-hydrogen) atoms. The fraction of sp³-hybridized carbons (Fsp3) is 0.538. The monoisotopic (exact) mass is 205 g/mol. The quantitative estimate of drug-likeness (QED) is 0.760. The lowest BCUT2D eigenvalue weighted by atomic mass is 10.0. The molecule has 2 heteroatoms. The molecule has 0 radical (unpaired) electrons. The van der Waals surface area contributed by atoms with Crippen molar-refractivity contribution in [2.75, 3.05) is 18.0 Å². The van der Waals surface area contributed by atoms with Crippen molar-refractivity contribution < 1.29 is 5.11 Å². The lowest BCUT2D eigenvalue weighted by Gasteiger charge is -2.32. The molecular formula is C13H19NO. The predicted molar refractivity (Wildman–Crippen MR) is 63.4 cm³/mol. The number of aliphatic hydroxyl groups is 1. The molecule has 1 N–H and O–H groups in total. The fourth-order valence-corrected chi connectivity index (χ4v) is 2.17. The van der Waals surface area contributed by atoms with Gasteiger partial charge in [-0.25, -0.2) is 0 Å². The molecule has 0 aliphatic carbocycles. The van der Waals surface area contributed by atoms with E-state index in [4.69, 9.17) is 0 Å². The first-order valence-corrected chi connectivity index (χ1v) is 5.67. The topological polar surface area (TPSA) is 23.5 Å². The van der Waals surface area contributed by atoms with E-state index in [2.05, 4.69) is 36.9 Å². The zero-order valence-corrected chi connectivity index (χ0v) is 9.53. The summed E-state index contributed by atoms with van der Waals surface area (Å²) in [5.74, 6) is 0. The molecule has 1 aliphatic heterocycles. The lowest BCUT2D eigenvalue weighted by Crippen LogP contribution is -2.36. The Kier molecular flexibility index (Phi) is 2.96. The molecule has 0 bridgehead atoms. The molecule has 82 valence electrons. The Labute approximate surface area is 91.5 Å². The Morgan fingerprint density at radius 1 is 1.20 bits per heavy atom. The minimum Gasteiger partial charge on any atom is -0.393 e. The van der Waals surface area contributed by atoms with Crippen LogP contribution in [0.1, 0.15) is 24.0 Å². The SMILES string of the molecule is Cc1ccc(C)c(N2CCC(O)CC2)c1. The molecule has 0 aromatic heterocycles. The molecule has 1 aliphatic rings. The van der Waals surface area contributed by atoms with Gasteiger partial charge in [0.05, 0.1) is 6.10 Å². The zero-order valence-electron chi connectivity index (χ0n) is 9.53. The molecule has 1 fully saturated rings. The van der Waals surface area contributed by atoms with Gasteiger partial charge in [0.25, 0.3) is 0 Å². The number of hydrogen-bond donors (Lipinski definition) is 1. The first-order valence-electron chi connectivity index (χ1n) is 5.67. The van der Waals surface area contributed by atoms with Crippen molar-refractivity contribution in [2.24, 2.45) is 0 Å². The molecule has 1 saturated heterocycles. The predicted octanol–water partition coefficient (Wildman–Crippen LogP) is 2.26. The van der Waals surface area contributed by atoms with Crippen LogP contribution >= 0.6 is 0 Å². The fourth-order valence-electron chi connectivity index (χ4n) is 2.17. The summed E-state index contributed by atoms with van der Waals surface area (Å²) in [7, 11) is 0. The van der Waals surface area contributed by atoms with Crippen LogP contribution in [0, 0.1) is 13.8 Å². The number of rotatable bonds is 1. The van der Waals surface area contributed by atoms with Crippen LogP contribution in [0.3, 0.4) is 0 Å². The molecule has 0 atom stereocenters. The second-order valence-corrected chi connectivity index (χ2v) is 4.51. The Morgan fingerprint density at radius 3 is 2.53 bits per heavy atom. The van der Waals surface area contributed by atoms with Crippen molar-refractivity contribution in [2.45, 2.75) is 32.8 Å². The molecule has 1 aromatic carbocycles. The maximum absolute atomic E-state index is 9.47. The molecule has 0 spiro atoms. The van der Waals surface area contributed by atoms with Crippen LogP contribution in [0.15, 0.2) is 18.2 Å². The van der Waals surface area contributed by atoms with Crippen molar-refractivity contribution in [3.8, 4) is 0 Å². The van der Waals surface area contributed by atoms with Gasteiger partial charge in [-0.3, -0.25) is 0 Å². The molecule has 0 amide bonds. The van der Waals surface area contributed by atoms with Crippen LogP contribution in [0.2, 0.25) is 0 Å². The van der Waals surface area contributed by atoms with E-state index in [0.29, 0.717) is 0 Å². The second kappa shape index (κ2) is 4.23. The average Bonchev–Trinajstić information content (AvgIpc) is 2.23. The summed E-state index contributed by atoms with van der Waals surface area (Å²) in [5.41, 5.74) is 3.97. The number of benzene rings is 1. The van der Waals surface area contributed by atoms with Gasteiger partial charge in [0.15, 0.2) is 0 Å². The molecule has 0 unspecified atom stereocenters. The second-order valence-electron chi connectivity index (χ2n) is 4.51. The zero-order chi connectivity index (χ0) is 10.8. The Bertz CT molecular complexity index is 340. The first-order chi connectivity index (χ1) is 7.16. The smallest absolute Gasteiger partial charge is 0.0574 e. The number of aryl methyl sites for hydroxylation is 2. The van der Waals surface area contributed by atoms with Gasteiger partial charge in [0.1, 0.15) is 0 Å². The summed E-state index contributed by atoms with van der Waals surface area (Å²) in [6.07, 6.45) is 1.70. The highest BCUT2D eigenvalue weighted by Gasteiger charge is 2.18. The number of aliphatic hydroxyl groups excluding tert-OH is 1. The van der Waals surface area contributed by atoms with Crippen molar-refractivity contribution in [1.82, 2.24) is 0 Å². The molecule has 1 heterocycles. The minimum atomic E-state index is -0.0913. The third-order valence-corrected chi connectivity index (χ3v) is 3.17. The Morgan fingerprint density at radius 2 is 1.87 bits per heavy atom. The maximum atomic E-state index is 9.47. The third kappa shape index (κ3) is 2.32.